The number of amides is 2. The molecule has 2 amide bonds. The number of halogens is 1. The Balaban J connectivity index is 1.77. The monoisotopic (exact) mass is 450 g/mol. The van der Waals surface area contributed by atoms with Crippen LogP contribution < -0.4 is 15.5 Å². The molecule has 0 saturated carbocycles. The summed E-state index contributed by atoms with van der Waals surface area (Å²) in [4.78, 5) is 32.5. The van der Waals surface area contributed by atoms with Gasteiger partial charge >= 0.3 is 0 Å². The second-order valence-electron chi connectivity index (χ2n) is 8.19. The maximum absolute atomic E-state index is 13.7. The first-order valence-corrected chi connectivity index (χ1v) is 11.2. The zero-order chi connectivity index (χ0) is 22.8. The van der Waals surface area contributed by atoms with E-state index in [-0.39, 0.29) is 17.9 Å². The fraction of sp³-hybridized carbons (Fsp3) is 0.320. The van der Waals surface area contributed by atoms with Crippen LogP contribution >= 0.6 is 11.6 Å². The van der Waals surface area contributed by atoms with Crippen molar-refractivity contribution >= 4 is 40.0 Å². The zero-order valence-corrected chi connectivity index (χ0v) is 19.2. The first kappa shape index (κ1) is 22.2. The van der Waals surface area contributed by atoms with E-state index in [0.29, 0.717) is 24.5 Å². The van der Waals surface area contributed by atoms with Gasteiger partial charge in [-0.25, -0.2) is 4.98 Å². The Morgan fingerprint density at radius 1 is 1.22 bits per heavy atom. The lowest BCUT2D eigenvalue weighted by Gasteiger charge is -2.28. The Bertz CT molecular complexity index is 1180. The van der Waals surface area contributed by atoms with Crippen molar-refractivity contribution in [1.29, 1.82) is 0 Å². The molecule has 0 aliphatic carbocycles. The summed E-state index contributed by atoms with van der Waals surface area (Å²) in [6, 6.07) is 14.7. The van der Waals surface area contributed by atoms with Crippen molar-refractivity contribution in [2.45, 2.75) is 45.3 Å². The molecule has 0 bridgehead atoms. The molecule has 0 radical (unpaired) electrons. The number of fused-ring (bicyclic) bond motifs is 2. The van der Waals surface area contributed by atoms with E-state index < -0.39 is 6.04 Å². The van der Waals surface area contributed by atoms with Crippen LogP contribution in [-0.2, 0) is 22.6 Å². The smallest absolute Gasteiger partial charge is 0.249 e. The summed E-state index contributed by atoms with van der Waals surface area (Å²) in [6.07, 6.45) is 1.25. The van der Waals surface area contributed by atoms with Crippen LogP contribution in [0.15, 0.2) is 48.5 Å². The molecule has 1 aliphatic rings. The van der Waals surface area contributed by atoms with E-state index in [1.165, 1.54) is 0 Å². The van der Waals surface area contributed by atoms with Crippen molar-refractivity contribution in [2.24, 2.45) is 0 Å². The predicted octanol–water partition coefficient (Wildman–Crippen LogP) is 3.77. The molecular weight excluding hydrogens is 424 g/mol. The molecule has 2 heterocycles. The number of hydrogen-bond acceptors (Lipinski definition) is 4. The van der Waals surface area contributed by atoms with E-state index in [0.717, 1.165) is 33.3 Å². The van der Waals surface area contributed by atoms with Gasteiger partial charge in [0.1, 0.15) is 11.2 Å². The number of aryl methyl sites for hydroxylation is 1. The number of nitrogens with zero attached hydrogens (tertiary/aromatic N) is 2. The Labute approximate surface area is 193 Å². The van der Waals surface area contributed by atoms with Crippen LogP contribution in [-0.4, -0.2) is 35.9 Å². The summed E-state index contributed by atoms with van der Waals surface area (Å²) in [5.74, 6) is -0.312. The van der Waals surface area contributed by atoms with Crippen LogP contribution in [0.4, 0.5) is 5.69 Å². The number of hydrogen-bond donors (Lipinski definition) is 2. The lowest BCUT2D eigenvalue weighted by Crippen LogP contribution is -2.52. The van der Waals surface area contributed by atoms with Gasteiger partial charge in [0.05, 0.1) is 18.1 Å². The minimum atomic E-state index is -0.602. The first-order valence-electron chi connectivity index (χ1n) is 10.8. The minimum absolute atomic E-state index is 0.122. The molecule has 2 N–H and O–H groups in total. The molecule has 2 unspecified atom stereocenters. The highest BCUT2D eigenvalue weighted by Crippen LogP contribution is 2.32. The highest BCUT2D eigenvalue weighted by atomic mass is 35.5. The van der Waals surface area contributed by atoms with Gasteiger partial charge in [-0.05, 0) is 62.6 Å². The third-order valence-corrected chi connectivity index (χ3v) is 6.59. The molecular formula is C25H27ClN4O2. The number of nitrogens with one attached hydrogen (secondary N) is 2. The van der Waals surface area contributed by atoms with Gasteiger partial charge in [-0.2, -0.15) is 0 Å². The second kappa shape index (κ2) is 9.27. The number of carbonyl (C=O) groups is 2. The highest BCUT2D eigenvalue weighted by Gasteiger charge is 2.32. The van der Waals surface area contributed by atoms with Crippen LogP contribution in [0.2, 0.25) is 5.15 Å². The van der Waals surface area contributed by atoms with Gasteiger partial charge in [-0.3, -0.25) is 9.59 Å². The topological polar surface area (TPSA) is 74.3 Å². The summed E-state index contributed by atoms with van der Waals surface area (Å²) in [6.45, 7) is 4.05. The third kappa shape index (κ3) is 4.20. The van der Waals surface area contributed by atoms with E-state index in [1.807, 2.05) is 55.5 Å². The first-order chi connectivity index (χ1) is 15.4. The predicted molar refractivity (Wildman–Crippen MR) is 128 cm³/mol. The molecule has 0 saturated heterocycles. The van der Waals surface area contributed by atoms with Gasteiger partial charge in [-0.15, -0.1) is 0 Å². The largest absolute Gasteiger partial charge is 0.343 e. The van der Waals surface area contributed by atoms with Crippen LogP contribution in [0.25, 0.3) is 10.9 Å². The van der Waals surface area contributed by atoms with Crippen LogP contribution in [0.3, 0.4) is 0 Å². The highest BCUT2D eigenvalue weighted by molar-refractivity contribution is 6.30. The van der Waals surface area contributed by atoms with E-state index >= 15 is 0 Å². The van der Waals surface area contributed by atoms with Gasteiger partial charge in [0.2, 0.25) is 11.8 Å². The number of rotatable bonds is 5. The molecule has 166 valence electrons. The SMILES string of the molecule is CNC(C)C(=O)NC1CCc2ccccc2N(Cc2c(C)c(Cl)nc3ccccc23)C1=O. The van der Waals surface area contributed by atoms with Crippen LogP contribution in [0.5, 0.6) is 0 Å². The molecule has 4 rings (SSSR count). The third-order valence-electron chi connectivity index (χ3n) is 6.22. The van der Waals surface area contributed by atoms with Crippen LogP contribution in [0.1, 0.15) is 30.0 Å². The maximum Gasteiger partial charge on any atom is 0.249 e. The minimum Gasteiger partial charge on any atom is -0.343 e. The Morgan fingerprint density at radius 2 is 1.94 bits per heavy atom. The molecule has 0 spiro atoms. The molecule has 6 nitrogen and oxygen atoms in total. The summed E-state index contributed by atoms with van der Waals surface area (Å²) < 4.78 is 0. The van der Waals surface area contributed by atoms with E-state index in [1.54, 1.807) is 18.9 Å². The zero-order valence-electron chi connectivity index (χ0n) is 18.5. The number of anilines is 1. The Hall–Kier alpha value is -2.96. The lowest BCUT2D eigenvalue weighted by atomic mass is 10.0. The van der Waals surface area contributed by atoms with E-state index in [9.17, 15) is 9.59 Å². The Morgan fingerprint density at radius 3 is 2.72 bits per heavy atom. The molecule has 2 aromatic carbocycles. The van der Waals surface area contributed by atoms with Gasteiger partial charge in [0.25, 0.3) is 0 Å². The van der Waals surface area contributed by atoms with Crippen molar-refractivity contribution in [2.75, 3.05) is 11.9 Å². The molecule has 0 fully saturated rings. The molecule has 7 heteroatoms. The second-order valence-corrected chi connectivity index (χ2v) is 8.54. The number of benzene rings is 2. The average molecular weight is 451 g/mol. The molecule has 32 heavy (non-hydrogen) atoms. The molecule has 1 aliphatic heterocycles. The summed E-state index contributed by atoms with van der Waals surface area (Å²) in [5, 5.41) is 7.27. The summed E-state index contributed by atoms with van der Waals surface area (Å²) in [7, 11) is 1.72. The van der Waals surface area contributed by atoms with Crippen molar-refractivity contribution in [3.8, 4) is 0 Å². The molecule has 1 aromatic heterocycles. The quantitative estimate of drug-likeness (QED) is 0.580. The number of pyridine rings is 1. The molecule has 3 aromatic rings. The fourth-order valence-electron chi connectivity index (χ4n) is 4.14. The summed E-state index contributed by atoms with van der Waals surface area (Å²) >= 11 is 6.45. The van der Waals surface area contributed by atoms with Crippen molar-refractivity contribution in [1.82, 2.24) is 15.6 Å². The Kier molecular flexibility index (Phi) is 6.44. The fourth-order valence-corrected chi connectivity index (χ4v) is 4.35. The van der Waals surface area contributed by atoms with E-state index in [2.05, 4.69) is 15.6 Å². The standard InChI is InChI=1S/C25H27ClN4O2/c1-15-19(18-9-5-6-10-20(18)28-23(15)26)14-30-22-11-7-4-8-17(22)12-13-21(25(30)32)29-24(31)16(2)27-3/h4-11,16,21,27H,12-14H2,1-3H3,(H,29,31). The van der Waals surface area contributed by atoms with Crippen LogP contribution in [0, 0.1) is 6.92 Å². The van der Waals surface area contributed by atoms with Gasteiger partial charge < -0.3 is 15.5 Å². The normalized spacial score (nSPS) is 17.1. The van der Waals surface area contributed by atoms with Gasteiger partial charge in [-0.1, -0.05) is 48.0 Å². The lowest BCUT2D eigenvalue weighted by molar-refractivity contribution is -0.128. The number of carbonyl (C=O) groups excluding carboxylic acids is 2. The van der Waals surface area contributed by atoms with Crippen molar-refractivity contribution < 1.29 is 9.59 Å². The average Bonchev–Trinajstić information content (AvgIpc) is 2.93. The van der Waals surface area contributed by atoms with Gasteiger partial charge in [0, 0.05) is 11.1 Å². The van der Waals surface area contributed by atoms with Gasteiger partial charge in [0.15, 0.2) is 0 Å². The summed E-state index contributed by atoms with van der Waals surface area (Å²) in [5.41, 5.74) is 4.55. The van der Waals surface area contributed by atoms with Crippen molar-refractivity contribution in [3.63, 3.8) is 0 Å². The number of para-hydroxylation sites is 2. The van der Waals surface area contributed by atoms with Crippen molar-refractivity contribution in [3.05, 3.63) is 70.4 Å². The number of aromatic nitrogens is 1. The maximum atomic E-state index is 13.7. The number of likely N-dealkylation sites (N-methyl/N-ethyl adjacent to an activating group) is 1. The molecule has 2 atom stereocenters. The van der Waals surface area contributed by atoms with E-state index in [4.69, 9.17) is 11.6 Å².